The minimum atomic E-state index is 0.473. The first kappa shape index (κ1) is 15.5. The molecule has 3 nitrogen and oxygen atoms in total. The SMILES string of the molecule is CCCc1nc(-c2cccc(Cl)c2Cl)nc(NC)c1Br. The number of rotatable bonds is 4. The first-order valence-corrected chi connectivity index (χ1v) is 7.81. The molecule has 0 radical (unpaired) electrons. The molecule has 2 aromatic rings. The zero-order valence-electron chi connectivity index (χ0n) is 11.2. The van der Waals surface area contributed by atoms with Crippen molar-refractivity contribution in [2.75, 3.05) is 12.4 Å². The highest BCUT2D eigenvalue weighted by atomic mass is 79.9. The van der Waals surface area contributed by atoms with Crippen molar-refractivity contribution in [2.45, 2.75) is 19.8 Å². The van der Waals surface area contributed by atoms with Gasteiger partial charge in [0.1, 0.15) is 5.82 Å². The molecule has 0 spiro atoms. The van der Waals surface area contributed by atoms with Crippen LogP contribution in [0.25, 0.3) is 11.4 Å². The van der Waals surface area contributed by atoms with Gasteiger partial charge in [0.2, 0.25) is 0 Å². The van der Waals surface area contributed by atoms with E-state index in [2.05, 4.69) is 38.1 Å². The fourth-order valence-corrected chi connectivity index (χ4v) is 2.82. The second-order valence-corrected chi connectivity index (χ2v) is 5.84. The maximum atomic E-state index is 6.25. The molecule has 1 aromatic carbocycles. The summed E-state index contributed by atoms with van der Waals surface area (Å²) in [5.74, 6) is 1.32. The standard InChI is InChI=1S/C14H14BrCl2N3/c1-3-5-10-11(15)14(18-2)20-13(19-10)8-6-4-7-9(16)12(8)17/h4,6-7H,3,5H2,1-2H3,(H,18,19,20). The van der Waals surface area contributed by atoms with Crippen LogP contribution in [-0.2, 0) is 6.42 Å². The molecule has 1 aromatic heterocycles. The Labute approximate surface area is 136 Å². The van der Waals surface area contributed by atoms with Crippen molar-refractivity contribution < 1.29 is 0 Å². The van der Waals surface area contributed by atoms with Gasteiger partial charge in [-0.2, -0.15) is 0 Å². The number of nitrogens with one attached hydrogen (secondary N) is 1. The molecule has 106 valence electrons. The smallest absolute Gasteiger partial charge is 0.163 e. The summed E-state index contributed by atoms with van der Waals surface area (Å²) >= 11 is 15.8. The number of anilines is 1. The largest absolute Gasteiger partial charge is 0.372 e. The van der Waals surface area contributed by atoms with Gasteiger partial charge < -0.3 is 5.32 Å². The van der Waals surface area contributed by atoms with Crippen molar-refractivity contribution in [1.29, 1.82) is 0 Å². The Morgan fingerprint density at radius 3 is 2.65 bits per heavy atom. The van der Waals surface area contributed by atoms with Crippen LogP contribution in [0.2, 0.25) is 10.0 Å². The molecule has 2 rings (SSSR count). The summed E-state index contributed by atoms with van der Waals surface area (Å²) in [5.41, 5.74) is 1.69. The van der Waals surface area contributed by atoms with Gasteiger partial charge in [0, 0.05) is 12.6 Å². The maximum Gasteiger partial charge on any atom is 0.163 e. The molecule has 0 atom stereocenters. The van der Waals surface area contributed by atoms with Crippen LogP contribution < -0.4 is 5.32 Å². The molecule has 0 fully saturated rings. The van der Waals surface area contributed by atoms with Crippen LogP contribution >= 0.6 is 39.1 Å². The molecule has 6 heteroatoms. The molecule has 1 heterocycles. The Morgan fingerprint density at radius 2 is 2.00 bits per heavy atom. The molecular formula is C14H14BrCl2N3. The van der Waals surface area contributed by atoms with Crippen molar-refractivity contribution in [1.82, 2.24) is 9.97 Å². The van der Waals surface area contributed by atoms with E-state index in [0.29, 0.717) is 15.9 Å². The van der Waals surface area contributed by atoms with Crippen LogP contribution in [0.3, 0.4) is 0 Å². The van der Waals surface area contributed by atoms with E-state index in [1.807, 2.05) is 19.2 Å². The third-order valence-corrected chi connectivity index (χ3v) is 4.49. The molecule has 0 saturated carbocycles. The number of aryl methyl sites for hydroxylation is 1. The highest BCUT2D eigenvalue weighted by Gasteiger charge is 2.15. The van der Waals surface area contributed by atoms with Crippen molar-refractivity contribution in [3.05, 3.63) is 38.4 Å². The number of halogens is 3. The van der Waals surface area contributed by atoms with Gasteiger partial charge in [-0.15, -0.1) is 0 Å². The molecule has 0 aliphatic rings. The summed E-state index contributed by atoms with van der Waals surface area (Å²) in [7, 11) is 1.83. The third-order valence-electron chi connectivity index (χ3n) is 2.84. The van der Waals surface area contributed by atoms with Crippen LogP contribution in [0.5, 0.6) is 0 Å². The molecule has 0 aliphatic heterocycles. The van der Waals surface area contributed by atoms with Crippen molar-refractivity contribution in [2.24, 2.45) is 0 Å². The van der Waals surface area contributed by atoms with E-state index in [0.717, 1.165) is 34.4 Å². The fraction of sp³-hybridized carbons (Fsp3) is 0.286. The van der Waals surface area contributed by atoms with E-state index in [4.69, 9.17) is 23.2 Å². The monoisotopic (exact) mass is 373 g/mol. The topological polar surface area (TPSA) is 37.8 Å². The lowest BCUT2D eigenvalue weighted by molar-refractivity contribution is 0.869. The maximum absolute atomic E-state index is 6.25. The number of hydrogen-bond acceptors (Lipinski definition) is 3. The van der Waals surface area contributed by atoms with Gasteiger partial charge in [0.15, 0.2) is 5.82 Å². The van der Waals surface area contributed by atoms with Crippen molar-refractivity contribution in [3.63, 3.8) is 0 Å². The molecule has 0 aliphatic carbocycles. The summed E-state index contributed by atoms with van der Waals surface area (Å²) < 4.78 is 0.892. The Kier molecular flexibility index (Phi) is 5.24. The number of benzene rings is 1. The molecule has 0 unspecified atom stereocenters. The fourth-order valence-electron chi connectivity index (χ4n) is 1.86. The number of nitrogens with zero attached hydrogens (tertiary/aromatic N) is 2. The lowest BCUT2D eigenvalue weighted by Crippen LogP contribution is -2.03. The Morgan fingerprint density at radius 1 is 1.25 bits per heavy atom. The average Bonchev–Trinajstić information content (AvgIpc) is 2.44. The molecule has 20 heavy (non-hydrogen) atoms. The second kappa shape index (κ2) is 6.74. The predicted molar refractivity (Wildman–Crippen MR) is 88.7 cm³/mol. The van der Waals surface area contributed by atoms with Gasteiger partial charge in [-0.3, -0.25) is 0 Å². The third kappa shape index (κ3) is 3.08. The van der Waals surface area contributed by atoms with E-state index >= 15 is 0 Å². The minimum Gasteiger partial charge on any atom is -0.372 e. The quantitative estimate of drug-likeness (QED) is 0.798. The van der Waals surface area contributed by atoms with E-state index in [9.17, 15) is 0 Å². The second-order valence-electron chi connectivity index (χ2n) is 4.26. The molecule has 0 amide bonds. The normalized spacial score (nSPS) is 10.7. The lowest BCUT2D eigenvalue weighted by Gasteiger charge is -2.12. The molecular weight excluding hydrogens is 361 g/mol. The summed E-state index contributed by atoms with van der Waals surface area (Å²) in [4.78, 5) is 9.10. The van der Waals surface area contributed by atoms with Gasteiger partial charge in [-0.1, -0.05) is 42.6 Å². The minimum absolute atomic E-state index is 0.473. The van der Waals surface area contributed by atoms with Gasteiger partial charge in [0.05, 0.1) is 20.2 Å². The number of hydrogen-bond donors (Lipinski definition) is 1. The van der Waals surface area contributed by atoms with Crippen LogP contribution in [0.1, 0.15) is 19.0 Å². The van der Waals surface area contributed by atoms with Crippen LogP contribution in [0.15, 0.2) is 22.7 Å². The van der Waals surface area contributed by atoms with Crippen molar-refractivity contribution >= 4 is 44.9 Å². The Balaban J connectivity index is 2.62. The van der Waals surface area contributed by atoms with Gasteiger partial charge in [-0.25, -0.2) is 9.97 Å². The highest BCUT2D eigenvalue weighted by Crippen LogP contribution is 2.34. The summed E-state index contributed by atoms with van der Waals surface area (Å²) in [6.45, 7) is 2.11. The number of aromatic nitrogens is 2. The molecule has 0 bridgehead atoms. The highest BCUT2D eigenvalue weighted by molar-refractivity contribution is 9.10. The predicted octanol–water partition coefficient (Wildman–Crippen LogP) is 5.21. The molecule has 0 saturated heterocycles. The summed E-state index contributed by atoms with van der Waals surface area (Å²) in [6, 6.07) is 5.46. The first-order valence-electron chi connectivity index (χ1n) is 6.27. The lowest BCUT2D eigenvalue weighted by atomic mass is 10.2. The first-order chi connectivity index (χ1) is 9.58. The van der Waals surface area contributed by atoms with Crippen molar-refractivity contribution in [3.8, 4) is 11.4 Å². The van der Waals surface area contributed by atoms with Crippen LogP contribution in [0, 0.1) is 0 Å². The van der Waals surface area contributed by atoms with E-state index in [1.165, 1.54) is 0 Å². The Bertz CT molecular complexity index is 632. The van der Waals surface area contributed by atoms with Gasteiger partial charge >= 0.3 is 0 Å². The van der Waals surface area contributed by atoms with E-state index in [1.54, 1.807) is 6.07 Å². The zero-order chi connectivity index (χ0) is 14.7. The van der Waals surface area contributed by atoms with Gasteiger partial charge in [0.25, 0.3) is 0 Å². The van der Waals surface area contributed by atoms with Crippen LogP contribution in [0.4, 0.5) is 5.82 Å². The van der Waals surface area contributed by atoms with E-state index < -0.39 is 0 Å². The average molecular weight is 375 g/mol. The summed E-state index contributed by atoms with van der Waals surface area (Å²) in [5, 5.41) is 4.04. The van der Waals surface area contributed by atoms with E-state index in [-0.39, 0.29) is 0 Å². The summed E-state index contributed by atoms with van der Waals surface area (Å²) in [6.07, 6.45) is 1.87. The van der Waals surface area contributed by atoms with Gasteiger partial charge in [-0.05, 0) is 34.5 Å². The Hall–Kier alpha value is -0.840. The van der Waals surface area contributed by atoms with Crippen LogP contribution in [-0.4, -0.2) is 17.0 Å². The molecule has 1 N–H and O–H groups in total. The zero-order valence-corrected chi connectivity index (χ0v) is 14.3.